The van der Waals surface area contributed by atoms with E-state index in [0.29, 0.717) is 12.3 Å². The highest BCUT2D eigenvalue weighted by Gasteiger charge is 2.10. The van der Waals surface area contributed by atoms with Crippen LogP contribution in [0.2, 0.25) is 0 Å². The van der Waals surface area contributed by atoms with Gasteiger partial charge in [0.05, 0.1) is 6.61 Å². The average molecular weight is 181 g/mol. The number of aromatic nitrogens is 1. The van der Waals surface area contributed by atoms with Crippen molar-refractivity contribution in [1.82, 2.24) is 4.57 Å². The number of hydrogen-bond donors (Lipinski definition) is 0. The van der Waals surface area contributed by atoms with Crippen molar-refractivity contribution >= 4 is 5.97 Å². The molecule has 1 rings (SSSR count). The van der Waals surface area contributed by atoms with Gasteiger partial charge < -0.3 is 9.30 Å². The lowest BCUT2D eigenvalue weighted by molar-refractivity contribution is 0.0513. The first-order valence-corrected chi connectivity index (χ1v) is 4.61. The molecule has 1 aromatic rings. The SMILES string of the molecule is CCCn1cccc1C(=O)OCC. The van der Waals surface area contributed by atoms with Crippen LogP contribution < -0.4 is 0 Å². The molecule has 0 saturated heterocycles. The molecular weight excluding hydrogens is 166 g/mol. The molecule has 0 N–H and O–H groups in total. The van der Waals surface area contributed by atoms with Crippen LogP contribution >= 0.6 is 0 Å². The summed E-state index contributed by atoms with van der Waals surface area (Å²) in [5, 5.41) is 0. The van der Waals surface area contributed by atoms with E-state index in [0.717, 1.165) is 13.0 Å². The summed E-state index contributed by atoms with van der Waals surface area (Å²) in [4.78, 5) is 11.4. The van der Waals surface area contributed by atoms with Gasteiger partial charge in [-0.05, 0) is 25.5 Å². The molecule has 72 valence electrons. The molecule has 0 radical (unpaired) electrons. The fourth-order valence-electron chi connectivity index (χ4n) is 1.24. The normalized spacial score (nSPS) is 10.0. The number of carbonyl (C=O) groups excluding carboxylic acids is 1. The van der Waals surface area contributed by atoms with Crippen LogP contribution in [-0.4, -0.2) is 17.1 Å². The smallest absolute Gasteiger partial charge is 0.354 e. The summed E-state index contributed by atoms with van der Waals surface area (Å²) in [5.41, 5.74) is 0.642. The minimum atomic E-state index is -0.235. The van der Waals surface area contributed by atoms with Crippen LogP contribution in [0.5, 0.6) is 0 Å². The highest BCUT2D eigenvalue weighted by molar-refractivity contribution is 5.87. The zero-order valence-corrected chi connectivity index (χ0v) is 8.12. The third kappa shape index (κ3) is 2.34. The first kappa shape index (κ1) is 9.84. The van der Waals surface area contributed by atoms with E-state index in [2.05, 4.69) is 6.92 Å². The van der Waals surface area contributed by atoms with E-state index in [9.17, 15) is 4.79 Å². The lowest BCUT2D eigenvalue weighted by atomic mass is 10.4. The minimum Gasteiger partial charge on any atom is -0.461 e. The number of hydrogen-bond acceptors (Lipinski definition) is 2. The van der Waals surface area contributed by atoms with Crippen molar-refractivity contribution in [2.24, 2.45) is 0 Å². The highest BCUT2D eigenvalue weighted by Crippen LogP contribution is 2.05. The second-order valence-corrected chi connectivity index (χ2v) is 2.81. The Morgan fingerprint density at radius 2 is 2.31 bits per heavy atom. The highest BCUT2D eigenvalue weighted by atomic mass is 16.5. The topological polar surface area (TPSA) is 31.2 Å². The van der Waals surface area contributed by atoms with Crippen LogP contribution in [-0.2, 0) is 11.3 Å². The van der Waals surface area contributed by atoms with Gasteiger partial charge in [-0.15, -0.1) is 0 Å². The van der Waals surface area contributed by atoms with E-state index in [1.807, 2.05) is 23.8 Å². The third-order valence-electron chi connectivity index (χ3n) is 1.78. The van der Waals surface area contributed by atoms with E-state index in [1.165, 1.54) is 0 Å². The zero-order valence-electron chi connectivity index (χ0n) is 8.12. The molecule has 0 fully saturated rings. The molecule has 0 aliphatic heterocycles. The predicted molar refractivity (Wildman–Crippen MR) is 50.7 cm³/mol. The molecule has 3 heteroatoms. The van der Waals surface area contributed by atoms with Crippen molar-refractivity contribution in [1.29, 1.82) is 0 Å². The second-order valence-electron chi connectivity index (χ2n) is 2.81. The van der Waals surface area contributed by atoms with Crippen LogP contribution in [0.15, 0.2) is 18.3 Å². The lowest BCUT2D eigenvalue weighted by Gasteiger charge is -2.06. The molecular formula is C10H15NO2. The van der Waals surface area contributed by atoms with Crippen molar-refractivity contribution in [2.45, 2.75) is 26.8 Å². The summed E-state index contributed by atoms with van der Waals surface area (Å²) >= 11 is 0. The van der Waals surface area contributed by atoms with Crippen molar-refractivity contribution in [3.63, 3.8) is 0 Å². The molecule has 0 spiro atoms. The van der Waals surface area contributed by atoms with Gasteiger partial charge in [-0.25, -0.2) is 4.79 Å². The Kier molecular flexibility index (Phi) is 3.55. The predicted octanol–water partition coefficient (Wildman–Crippen LogP) is 2.07. The molecule has 0 saturated carbocycles. The molecule has 0 aromatic carbocycles. The number of esters is 1. The van der Waals surface area contributed by atoms with Gasteiger partial charge in [0.15, 0.2) is 0 Å². The summed E-state index contributed by atoms with van der Waals surface area (Å²) in [7, 11) is 0. The van der Waals surface area contributed by atoms with E-state index >= 15 is 0 Å². The standard InChI is InChI=1S/C10H15NO2/c1-3-7-11-8-5-6-9(11)10(12)13-4-2/h5-6,8H,3-4,7H2,1-2H3. The van der Waals surface area contributed by atoms with E-state index in [1.54, 1.807) is 6.07 Å². The van der Waals surface area contributed by atoms with Crippen molar-refractivity contribution in [3.8, 4) is 0 Å². The van der Waals surface area contributed by atoms with Crippen LogP contribution in [0, 0.1) is 0 Å². The Morgan fingerprint density at radius 3 is 2.92 bits per heavy atom. The summed E-state index contributed by atoms with van der Waals surface area (Å²) in [6, 6.07) is 3.65. The van der Waals surface area contributed by atoms with Gasteiger partial charge in [0.2, 0.25) is 0 Å². The molecule has 0 aliphatic carbocycles. The Bertz CT molecular complexity index is 278. The van der Waals surface area contributed by atoms with Crippen LogP contribution in [0.25, 0.3) is 0 Å². The molecule has 0 aliphatic rings. The van der Waals surface area contributed by atoms with Crippen LogP contribution in [0.4, 0.5) is 0 Å². The molecule has 0 atom stereocenters. The van der Waals surface area contributed by atoms with Gasteiger partial charge in [-0.2, -0.15) is 0 Å². The Labute approximate surface area is 78.3 Å². The number of nitrogens with zero attached hydrogens (tertiary/aromatic N) is 1. The van der Waals surface area contributed by atoms with Gasteiger partial charge in [-0.1, -0.05) is 6.92 Å². The molecule has 13 heavy (non-hydrogen) atoms. The molecule has 0 bridgehead atoms. The zero-order chi connectivity index (χ0) is 9.68. The van der Waals surface area contributed by atoms with E-state index in [4.69, 9.17) is 4.74 Å². The van der Waals surface area contributed by atoms with Crippen molar-refractivity contribution in [3.05, 3.63) is 24.0 Å². The molecule has 0 amide bonds. The quantitative estimate of drug-likeness (QED) is 0.666. The number of aryl methyl sites for hydroxylation is 1. The van der Waals surface area contributed by atoms with Crippen LogP contribution in [0.1, 0.15) is 30.8 Å². The first-order valence-electron chi connectivity index (χ1n) is 4.61. The van der Waals surface area contributed by atoms with Gasteiger partial charge in [0.25, 0.3) is 0 Å². The Hall–Kier alpha value is -1.25. The number of carbonyl (C=O) groups is 1. The number of ether oxygens (including phenoxy) is 1. The molecule has 3 nitrogen and oxygen atoms in total. The maximum absolute atomic E-state index is 11.4. The van der Waals surface area contributed by atoms with E-state index in [-0.39, 0.29) is 5.97 Å². The van der Waals surface area contributed by atoms with Crippen LogP contribution in [0.3, 0.4) is 0 Å². The largest absolute Gasteiger partial charge is 0.461 e. The van der Waals surface area contributed by atoms with Gasteiger partial charge in [0, 0.05) is 12.7 Å². The number of rotatable bonds is 4. The first-order chi connectivity index (χ1) is 6.29. The Balaban J connectivity index is 2.74. The van der Waals surface area contributed by atoms with Gasteiger partial charge in [0.1, 0.15) is 5.69 Å². The monoisotopic (exact) mass is 181 g/mol. The summed E-state index contributed by atoms with van der Waals surface area (Å²) in [6.07, 6.45) is 2.91. The van der Waals surface area contributed by atoms with Crippen molar-refractivity contribution in [2.75, 3.05) is 6.61 Å². The molecule has 1 heterocycles. The maximum Gasteiger partial charge on any atom is 0.354 e. The average Bonchev–Trinajstić information content (AvgIpc) is 2.54. The van der Waals surface area contributed by atoms with Gasteiger partial charge in [-0.3, -0.25) is 0 Å². The Morgan fingerprint density at radius 1 is 1.54 bits per heavy atom. The van der Waals surface area contributed by atoms with Crippen molar-refractivity contribution < 1.29 is 9.53 Å². The van der Waals surface area contributed by atoms with Gasteiger partial charge >= 0.3 is 5.97 Å². The fraction of sp³-hybridized carbons (Fsp3) is 0.500. The molecule has 1 aromatic heterocycles. The maximum atomic E-state index is 11.4. The molecule has 0 unspecified atom stereocenters. The summed E-state index contributed by atoms with van der Waals surface area (Å²) in [6.45, 7) is 5.18. The summed E-state index contributed by atoms with van der Waals surface area (Å²) < 4.78 is 6.83. The third-order valence-corrected chi connectivity index (χ3v) is 1.78. The summed E-state index contributed by atoms with van der Waals surface area (Å²) in [5.74, 6) is -0.235. The van der Waals surface area contributed by atoms with E-state index < -0.39 is 0 Å². The lowest BCUT2D eigenvalue weighted by Crippen LogP contribution is -2.11. The minimum absolute atomic E-state index is 0.235. The fourth-order valence-corrected chi connectivity index (χ4v) is 1.24. The second kappa shape index (κ2) is 4.70.